The standard InChI is InChI=1S/C23H30N2O5S/c1-7-18-21(26)25-20(19(22(27)29-6)14(4)24-23(25)31-18)15-8-9-16(17(12-15)28-5)30-11-10-13(2)3/h8-9,12-13,18,20H,7,10-11H2,1-6H3. The maximum atomic E-state index is 13.1. The van der Waals surface area contributed by atoms with Crippen LogP contribution in [0, 0.1) is 5.92 Å². The number of carbonyl (C=O) groups is 2. The van der Waals surface area contributed by atoms with E-state index in [2.05, 4.69) is 18.8 Å². The number of rotatable bonds is 8. The van der Waals surface area contributed by atoms with Crippen LogP contribution in [0.4, 0.5) is 0 Å². The molecule has 3 rings (SSSR count). The van der Waals surface area contributed by atoms with E-state index in [1.54, 1.807) is 18.9 Å². The first-order valence-corrected chi connectivity index (χ1v) is 11.4. The molecule has 31 heavy (non-hydrogen) atoms. The van der Waals surface area contributed by atoms with Crippen LogP contribution in [0.5, 0.6) is 11.5 Å². The molecule has 168 valence electrons. The zero-order valence-corrected chi connectivity index (χ0v) is 19.7. The van der Waals surface area contributed by atoms with Gasteiger partial charge in [0.1, 0.15) is 0 Å². The van der Waals surface area contributed by atoms with Crippen LogP contribution in [0.15, 0.2) is 34.5 Å². The third kappa shape index (κ3) is 4.59. The first-order chi connectivity index (χ1) is 14.8. The summed E-state index contributed by atoms with van der Waals surface area (Å²) in [6.07, 6.45) is 1.62. The number of methoxy groups -OCH3 is 2. The summed E-state index contributed by atoms with van der Waals surface area (Å²) in [5, 5.41) is 0.398. The molecule has 1 fully saturated rings. The quantitative estimate of drug-likeness (QED) is 0.553. The van der Waals surface area contributed by atoms with Crippen LogP contribution in [0.1, 0.15) is 52.1 Å². The number of benzene rings is 1. The van der Waals surface area contributed by atoms with Gasteiger partial charge in [-0.2, -0.15) is 0 Å². The largest absolute Gasteiger partial charge is 0.493 e. The first-order valence-electron chi connectivity index (χ1n) is 10.5. The number of aliphatic imine (C=N–C) groups is 1. The zero-order chi connectivity index (χ0) is 22.7. The lowest BCUT2D eigenvalue weighted by molar-refractivity contribution is -0.137. The van der Waals surface area contributed by atoms with Crippen molar-refractivity contribution in [3.05, 3.63) is 35.0 Å². The van der Waals surface area contributed by atoms with E-state index in [9.17, 15) is 9.59 Å². The van der Waals surface area contributed by atoms with Crippen molar-refractivity contribution in [2.24, 2.45) is 10.9 Å². The number of amides is 1. The van der Waals surface area contributed by atoms with E-state index < -0.39 is 12.0 Å². The van der Waals surface area contributed by atoms with Crippen molar-refractivity contribution >= 4 is 28.8 Å². The highest BCUT2D eigenvalue weighted by Crippen LogP contribution is 2.45. The van der Waals surface area contributed by atoms with E-state index in [4.69, 9.17) is 14.2 Å². The first kappa shape index (κ1) is 23.2. The van der Waals surface area contributed by atoms with Gasteiger partial charge in [0.05, 0.1) is 43.4 Å². The number of amidine groups is 1. The molecule has 0 aromatic heterocycles. The predicted octanol–water partition coefficient (Wildman–Crippen LogP) is 4.33. The maximum Gasteiger partial charge on any atom is 0.338 e. The van der Waals surface area contributed by atoms with Gasteiger partial charge < -0.3 is 14.2 Å². The van der Waals surface area contributed by atoms with Crippen molar-refractivity contribution in [1.82, 2.24) is 4.90 Å². The van der Waals surface area contributed by atoms with Crippen LogP contribution in [0.25, 0.3) is 0 Å². The van der Waals surface area contributed by atoms with E-state index in [-0.39, 0.29) is 11.2 Å². The fourth-order valence-electron chi connectivity index (χ4n) is 3.65. The van der Waals surface area contributed by atoms with Gasteiger partial charge in [-0.3, -0.25) is 9.69 Å². The van der Waals surface area contributed by atoms with Gasteiger partial charge in [0, 0.05) is 0 Å². The number of carbonyl (C=O) groups excluding carboxylic acids is 2. The molecule has 8 heteroatoms. The molecule has 1 aromatic carbocycles. The lowest BCUT2D eigenvalue weighted by Crippen LogP contribution is -2.40. The summed E-state index contributed by atoms with van der Waals surface area (Å²) in [7, 11) is 2.91. The fourth-order valence-corrected chi connectivity index (χ4v) is 4.79. The molecule has 0 aliphatic carbocycles. The van der Waals surface area contributed by atoms with Crippen molar-refractivity contribution in [2.45, 2.75) is 51.8 Å². The Kier molecular flexibility index (Phi) is 7.30. The molecule has 0 spiro atoms. The zero-order valence-electron chi connectivity index (χ0n) is 18.9. The minimum Gasteiger partial charge on any atom is -0.493 e. The number of thioether (sulfide) groups is 1. The average molecular weight is 447 g/mol. The second-order valence-corrected chi connectivity index (χ2v) is 9.12. The van der Waals surface area contributed by atoms with Crippen LogP contribution in [-0.4, -0.2) is 48.0 Å². The van der Waals surface area contributed by atoms with E-state index in [0.29, 0.717) is 46.9 Å². The Hall–Kier alpha value is -2.48. The van der Waals surface area contributed by atoms with Crippen molar-refractivity contribution in [3.8, 4) is 11.5 Å². The highest BCUT2D eigenvalue weighted by molar-refractivity contribution is 8.15. The molecular formula is C23H30N2O5S. The molecule has 2 aliphatic heterocycles. The molecule has 0 saturated carbocycles. The molecule has 2 aliphatic rings. The molecule has 1 aromatic rings. The van der Waals surface area contributed by atoms with Crippen molar-refractivity contribution in [1.29, 1.82) is 0 Å². The predicted molar refractivity (Wildman–Crippen MR) is 121 cm³/mol. The maximum absolute atomic E-state index is 13.1. The van der Waals surface area contributed by atoms with Gasteiger partial charge >= 0.3 is 5.97 Å². The highest BCUT2D eigenvalue weighted by atomic mass is 32.2. The number of hydrogen-bond acceptors (Lipinski definition) is 7. The van der Waals surface area contributed by atoms with Crippen LogP contribution in [0.3, 0.4) is 0 Å². The Bertz CT molecular complexity index is 925. The van der Waals surface area contributed by atoms with Crippen molar-refractivity contribution in [3.63, 3.8) is 0 Å². The number of esters is 1. The lowest BCUT2D eigenvalue weighted by Gasteiger charge is -2.33. The fraction of sp³-hybridized carbons (Fsp3) is 0.522. The Morgan fingerprint density at radius 1 is 1.26 bits per heavy atom. The summed E-state index contributed by atoms with van der Waals surface area (Å²) in [6, 6.07) is 4.89. The molecular weight excluding hydrogens is 416 g/mol. The van der Waals surface area contributed by atoms with Gasteiger partial charge in [0.15, 0.2) is 16.7 Å². The van der Waals surface area contributed by atoms with E-state index in [1.807, 2.05) is 25.1 Å². The minimum absolute atomic E-state index is 0.0543. The Labute approximate surface area is 187 Å². The summed E-state index contributed by atoms with van der Waals surface area (Å²) < 4.78 is 16.5. The van der Waals surface area contributed by atoms with Gasteiger partial charge in [-0.1, -0.05) is 38.6 Å². The summed E-state index contributed by atoms with van der Waals surface area (Å²) in [5.41, 5.74) is 1.65. The summed E-state index contributed by atoms with van der Waals surface area (Å²) in [6.45, 7) is 8.61. The third-order valence-electron chi connectivity index (χ3n) is 5.38. The monoisotopic (exact) mass is 446 g/mol. The summed E-state index contributed by atoms with van der Waals surface area (Å²) in [4.78, 5) is 32.0. The molecule has 7 nitrogen and oxygen atoms in total. The van der Waals surface area contributed by atoms with Gasteiger partial charge in [-0.15, -0.1) is 0 Å². The van der Waals surface area contributed by atoms with Crippen LogP contribution in [-0.2, 0) is 14.3 Å². The Morgan fingerprint density at radius 2 is 2.00 bits per heavy atom. The van der Waals surface area contributed by atoms with E-state index in [0.717, 1.165) is 12.0 Å². The van der Waals surface area contributed by atoms with Crippen molar-refractivity contribution < 1.29 is 23.8 Å². The highest BCUT2D eigenvalue weighted by Gasteiger charge is 2.47. The molecule has 2 heterocycles. The number of fused-ring (bicyclic) bond motifs is 1. The smallest absolute Gasteiger partial charge is 0.338 e. The van der Waals surface area contributed by atoms with Crippen molar-refractivity contribution in [2.75, 3.05) is 20.8 Å². The topological polar surface area (TPSA) is 77.4 Å². The second kappa shape index (κ2) is 9.77. The molecule has 0 bridgehead atoms. The Morgan fingerprint density at radius 3 is 2.61 bits per heavy atom. The lowest BCUT2D eigenvalue weighted by atomic mass is 9.94. The second-order valence-electron chi connectivity index (χ2n) is 7.95. The van der Waals surface area contributed by atoms with Gasteiger partial charge in [-0.05, 0) is 43.4 Å². The van der Waals surface area contributed by atoms with E-state index in [1.165, 1.54) is 18.9 Å². The summed E-state index contributed by atoms with van der Waals surface area (Å²) >= 11 is 1.44. The van der Waals surface area contributed by atoms with Gasteiger partial charge in [0.25, 0.3) is 0 Å². The van der Waals surface area contributed by atoms with Gasteiger partial charge in [0.2, 0.25) is 5.91 Å². The molecule has 1 amide bonds. The van der Waals surface area contributed by atoms with Crippen LogP contribution >= 0.6 is 11.8 Å². The SMILES string of the molecule is CCC1SC2=NC(C)=C(C(=O)OC)C(c3ccc(OCCC(C)C)c(OC)c3)N2C1=O. The number of hydrogen-bond donors (Lipinski definition) is 0. The number of nitrogens with zero attached hydrogens (tertiary/aromatic N) is 2. The normalized spacial score (nSPS) is 20.7. The molecule has 2 atom stereocenters. The third-order valence-corrected chi connectivity index (χ3v) is 6.70. The number of ether oxygens (including phenoxy) is 3. The summed E-state index contributed by atoms with van der Waals surface area (Å²) in [5.74, 6) is 1.16. The Balaban J connectivity index is 2.03. The van der Waals surface area contributed by atoms with Crippen LogP contribution in [0.2, 0.25) is 0 Å². The molecule has 2 unspecified atom stereocenters. The number of allylic oxidation sites excluding steroid dienone is 1. The average Bonchev–Trinajstić information content (AvgIpc) is 3.07. The molecule has 0 N–H and O–H groups in total. The molecule has 0 radical (unpaired) electrons. The molecule has 1 saturated heterocycles. The minimum atomic E-state index is -0.630. The van der Waals surface area contributed by atoms with Gasteiger partial charge in [-0.25, -0.2) is 9.79 Å². The van der Waals surface area contributed by atoms with E-state index >= 15 is 0 Å². The van der Waals surface area contributed by atoms with Crippen LogP contribution < -0.4 is 9.47 Å².